The van der Waals surface area contributed by atoms with Crippen molar-refractivity contribution in [3.63, 3.8) is 0 Å². The lowest BCUT2D eigenvalue weighted by Crippen LogP contribution is -2.35. The Labute approximate surface area is 118 Å². The van der Waals surface area contributed by atoms with Crippen molar-refractivity contribution in [2.75, 3.05) is 7.05 Å². The molecule has 1 rings (SSSR count). The molecular weight excluding hydrogens is 282 g/mol. The molecule has 0 heterocycles. The number of carboxylic acid groups (broad SMARTS) is 1. The Bertz CT molecular complexity index is 624. The maximum atomic E-state index is 12.5. The second-order valence-corrected chi connectivity index (χ2v) is 6.68. The Balaban J connectivity index is 3.46. The number of rotatable bonds is 5. The van der Waals surface area contributed by atoms with Crippen molar-refractivity contribution >= 4 is 16.0 Å². The summed E-state index contributed by atoms with van der Waals surface area (Å²) in [6.07, 6.45) is 0.638. The summed E-state index contributed by atoms with van der Waals surface area (Å²) in [6, 6.07) is 1.95. The third-order valence-corrected chi connectivity index (χ3v) is 5.51. The Morgan fingerprint density at radius 2 is 1.95 bits per heavy atom. The van der Waals surface area contributed by atoms with Crippen LogP contribution in [0.25, 0.3) is 0 Å². The maximum absolute atomic E-state index is 12.5. The molecule has 0 aromatic heterocycles. The van der Waals surface area contributed by atoms with Gasteiger partial charge in [-0.2, -0.15) is 4.31 Å². The number of nitrogens with zero attached hydrogens (tertiary/aromatic N) is 1. The van der Waals surface area contributed by atoms with Crippen LogP contribution in [0.3, 0.4) is 0 Å². The first-order valence-corrected chi connectivity index (χ1v) is 7.61. The largest absolute Gasteiger partial charge is 0.507 e. The van der Waals surface area contributed by atoms with E-state index < -0.39 is 27.3 Å². The summed E-state index contributed by atoms with van der Waals surface area (Å²) in [5.41, 5.74) is -0.116. The smallest absolute Gasteiger partial charge is 0.339 e. The van der Waals surface area contributed by atoms with Crippen LogP contribution in [0.5, 0.6) is 5.75 Å². The Hall–Kier alpha value is -1.60. The van der Waals surface area contributed by atoms with Gasteiger partial charge in [0, 0.05) is 13.1 Å². The minimum Gasteiger partial charge on any atom is -0.507 e. The predicted octanol–water partition coefficient (Wildman–Crippen LogP) is 1.82. The maximum Gasteiger partial charge on any atom is 0.339 e. The van der Waals surface area contributed by atoms with Gasteiger partial charge >= 0.3 is 5.97 Å². The van der Waals surface area contributed by atoms with Crippen LogP contribution < -0.4 is 0 Å². The van der Waals surface area contributed by atoms with Crippen molar-refractivity contribution in [3.8, 4) is 5.75 Å². The highest BCUT2D eigenvalue weighted by atomic mass is 32.2. The van der Waals surface area contributed by atoms with E-state index >= 15 is 0 Å². The molecule has 0 bridgehead atoms. The van der Waals surface area contributed by atoms with E-state index in [1.807, 2.05) is 6.92 Å². The molecule has 20 heavy (non-hydrogen) atoms. The molecule has 0 aliphatic carbocycles. The molecule has 0 fully saturated rings. The van der Waals surface area contributed by atoms with Crippen molar-refractivity contribution in [3.05, 3.63) is 23.3 Å². The summed E-state index contributed by atoms with van der Waals surface area (Å²) in [5.74, 6) is -1.81. The van der Waals surface area contributed by atoms with Gasteiger partial charge in [0.15, 0.2) is 0 Å². The van der Waals surface area contributed by atoms with E-state index in [0.717, 1.165) is 12.1 Å². The lowest BCUT2D eigenvalue weighted by Gasteiger charge is -2.24. The number of hydrogen-bond acceptors (Lipinski definition) is 4. The van der Waals surface area contributed by atoms with Gasteiger partial charge in [0.1, 0.15) is 11.3 Å². The SMILES string of the molecule is CCC(C)N(C)S(=O)(=O)c1cc(C(=O)O)c(O)cc1C. The predicted molar refractivity (Wildman–Crippen MR) is 74.5 cm³/mol. The normalized spacial score (nSPS) is 13.4. The van der Waals surface area contributed by atoms with E-state index in [0.29, 0.717) is 12.0 Å². The molecular formula is C13H19NO5S. The Kier molecular flexibility index (Phi) is 4.77. The van der Waals surface area contributed by atoms with Crippen LogP contribution in [-0.4, -0.2) is 42.0 Å². The molecule has 0 saturated carbocycles. The van der Waals surface area contributed by atoms with E-state index in [4.69, 9.17) is 5.11 Å². The van der Waals surface area contributed by atoms with Gasteiger partial charge in [-0.1, -0.05) is 6.92 Å². The monoisotopic (exact) mass is 301 g/mol. The van der Waals surface area contributed by atoms with Crippen molar-refractivity contribution in [1.29, 1.82) is 0 Å². The molecule has 0 radical (unpaired) electrons. The van der Waals surface area contributed by atoms with Crippen molar-refractivity contribution in [2.45, 2.75) is 38.1 Å². The van der Waals surface area contributed by atoms with Crippen LogP contribution in [0.1, 0.15) is 36.2 Å². The van der Waals surface area contributed by atoms with Gasteiger partial charge in [0.2, 0.25) is 10.0 Å². The molecule has 1 atom stereocenters. The summed E-state index contributed by atoms with van der Waals surface area (Å²) >= 11 is 0. The summed E-state index contributed by atoms with van der Waals surface area (Å²) in [7, 11) is -2.34. The standard InChI is InChI=1S/C13H19NO5S/c1-5-9(3)14(4)20(18,19)12-7-10(13(16)17)11(15)6-8(12)2/h6-7,9,15H,5H2,1-4H3,(H,16,17). The molecule has 7 heteroatoms. The lowest BCUT2D eigenvalue weighted by atomic mass is 10.1. The number of sulfonamides is 1. The first-order chi connectivity index (χ1) is 9.12. The molecule has 0 aliphatic heterocycles. The van der Waals surface area contributed by atoms with Gasteiger partial charge in [0.25, 0.3) is 0 Å². The van der Waals surface area contributed by atoms with Crippen LogP contribution in [0, 0.1) is 6.92 Å². The third kappa shape index (κ3) is 2.94. The zero-order valence-corrected chi connectivity index (χ0v) is 12.7. The fourth-order valence-corrected chi connectivity index (χ4v) is 3.44. The van der Waals surface area contributed by atoms with E-state index in [1.54, 1.807) is 6.92 Å². The van der Waals surface area contributed by atoms with E-state index in [-0.39, 0.29) is 10.9 Å². The van der Waals surface area contributed by atoms with Crippen molar-refractivity contribution < 1.29 is 23.4 Å². The number of benzene rings is 1. The van der Waals surface area contributed by atoms with Crippen molar-refractivity contribution in [2.24, 2.45) is 0 Å². The quantitative estimate of drug-likeness (QED) is 0.865. The van der Waals surface area contributed by atoms with Crippen LogP contribution in [-0.2, 0) is 10.0 Å². The minimum atomic E-state index is -3.79. The van der Waals surface area contributed by atoms with E-state index in [1.165, 1.54) is 18.3 Å². The van der Waals surface area contributed by atoms with E-state index in [9.17, 15) is 18.3 Å². The van der Waals surface area contributed by atoms with Crippen molar-refractivity contribution in [1.82, 2.24) is 4.31 Å². The molecule has 2 N–H and O–H groups in total. The van der Waals surface area contributed by atoms with Crippen LogP contribution in [0.15, 0.2) is 17.0 Å². The van der Waals surface area contributed by atoms with E-state index in [2.05, 4.69) is 0 Å². The third-order valence-electron chi connectivity index (χ3n) is 3.39. The number of carboxylic acids is 1. The highest BCUT2D eigenvalue weighted by Gasteiger charge is 2.28. The number of aryl methyl sites for hydroxylation is 1. The van der Waals surface area contributed by atoms with Gasteiger partial charge < -0.3 is 10.2 Å². The second-order valence-electron chi connectivity index (χ2n) is 4.72. The highest BCUT2D eigenvalue weighted by Crippen LogP contribution is 2.28. The first-order valence-electron chi connectivity index (χ1n) is 6.17. The molecule has 0 amide bonds. The molecule has 1 aromatic rings. The van der Waals surface area contributed by atoms with Crippen LogP contribution in [0.4, 0.5) is 0 Å². The molecule has 0 spiro atoms. The van der Waals surface area contributed by atoms with Gasteiger partial charge in [0.05, 0.1) is 4.90 Å². The number of carbonyl (C=O) groups is 1. The fourth-order valence-electron chi connectivity index (χ4n) is 1.77. The topological polar surface area (TPSA) is 94.9 Å². The van der Waals surface area contributed by atoms with Gasteiger partial charge in [-0.3, -0.25) is 0 Å². The summed E-state index contributed by atoms with van der Waals surface area (Å²) in [5, 5.41) is 18.5. The molecule has 1 aromatic carbocycles. The number of aromatic carboxylic acids is 1. The fraction of sp³-hybridized carbons (Fsp3) is 0.462. The van der Waals surface area contributed by atoms with Gasteiger partial charge in [-0.05, 0) is 38.0 Å². The summed E-state index contributed by atoms with van der Waals surface area (Å²) in [4.78, 5) is 10.9. The minimum absolute atomic E-state index is 0.101. The molecule has 0 aliphatic rings. The van der Waals surface area contributed by atoms with Gasteiger partial charge in [-0.25, -0.2) is 13.2 Å². The zero-order valence-electron chi connectivity index (χ0n) is 11.9. The molecule has 1 unspecified atom stereocenters. The highest BCUT2D eigenvalue weighted by molar-refractivity contribution is 7.89. The summed E-state index contributed by atoms with van der Waals surface area (Å²) in [6.45, 7) is 5.15. The number of phenols is 1. The van der Waals surface area contributed by atoms with Crippen LogP contribution in [0.2, 0.25) is 0 Å². The average molecular weight is 301 g/mol. The lowest BCUT2D eigenvalue weighted by molar-refractivity contribution is 0.0693. The summed E-state index contributed by atoms with van der Waals surface area (Å²) < 4.78 is 26.2. The Morgan fingerprint density at radius 3 is 2.40 bits per heavy atom. The molecule has 112 valence electrons. The Morgan fingerprint density at radius 1 is 1.40 bits per heavy atom. The second kappa shape index (κ2) is 5.80. The zero-order chi connectivity index (χ0) is 15.7. The first kappa shape index (κ1) is 16.5. The van der Waals surface area contributed by atoms with Crippen LogP contribution >= 0.6 is 0 Å². The van der Waals surface area contributed by atoms with Gasteiger partial charge in [-0.15, -0.1) is 0 Å². The number of hydrogen-bond donors (Lipinski definition) is 2. The average Bonchev–Trinajstić information content (AvgIpc) is 2.35. The molecule has 0 saturated heterocycles. The number of aromatic hydroxyl groups is 1. The molecule has 6 nitrogen and oxygen atoms in total.